The van der Waals surface area contributed by atoms with Gasteiger partial charge in [0.15, 0.2) is 0 Å². The van der Waals surface area contributed by atoms with Crippen molar-refractivity contribution in [3.05, 3.63) is 101 Å². The van der Waals surface area contributed by atoms with E-state index in [4.69, 9.17) is 0 Å². The highest BCUT2D eigenvalue weighted by Gasteiger charge is 2.26. The van der Waals surface area contributed by atoms with Crippen LogP contribution in [-0.2, 0) is 0 Å². The molecule has 0 N–H and O–H groups in total. The lowest BCUT2D eigenvalue weighted by molar-refractivity contribution is 1.13. The smallest absolute Gasteiger partial charge is 0.0341 e. The number of hydrogen-bond donors (Lipinski definition) is 0. The molecule has 0 heterocycles. The first-order chi connectivity index (χ1) is 11.3. The van der Waals surface area contributed by atoms with Gasteiger partial charge in [0, 0.05) is 5.66 Å². The highest BCUT2D eigenvalue weighted by molar-refractivity contribution is 7.65. The molecule has 0 saturated carbocycles. The predicted molar refractivity (Wildman–Crippen MR) is 103 cm³/mol. The van der Waals surface area contributed by atoms with Crippen LogP contribution in [0, 0.1) is 0 Å². The van der Waals surface area contributed by atoms with Crippen LogP contribution in [-0.4, -0.2) is 6.66 Å². The minimum Gasteiger partial charge on any atom is -0.0663 e. The second-order valence-electron chi connectivity index (χ2n) is 5.94. The average Bonchev–Trinajstić information content (AvgIpc) is 2.79. The summed E-state index contributed by atoms with van der Waals surface area (Å²) in [5, 5.41) is 1.46. The second kappa shape index (κ2) is 6.14. The van der Waals surface area contributed by atoms with Crippen molar-refractivity contribution in [3.8, 4) is 0 Å². The van der Waals surface area contributed by atoms with Gasteiger partial charge >= 0.3 is 0 Å². The topological polar surface area (TPSA) is 0 Å². The predicted octanol–water partition coefficient (Wildman–Crippen LogP) is 5.70. The van der Waals surface area contributed by atoms with Crippen LogP contribution in [0.3, 0.4) is 0 Å². The molecule has 3 aromatic carbocycles. The third-order valence-corrected chi connectivity index (χ3v) is 7.02. The highest BCUT2D eigenvalue weighted by atomic mass is 31.1. The van der Waals surface area contributed by atoms with Crippen LogP contribution in [0.1, 0.15) is 27.9 Å². The van der Waals surface area contributed by atoms with E-state index in [9.17, 15) is 0 Å². The molecule has 23 heavy (non-hydrogen) atoms. The largest absolute Gasteiger partial charge is 0.0663 e. The fraction of sp³-hybridized carbons (Fsp3) is 0.0909. The van der Waals surface area contributed by atoms with Gasteiger partial charge in [-0.2, -0.15) is 0 Å². The van der Waals surface area contributed by atoms with Gasteiger partial charge in [-0.25, -0.2) is 0 Å². The van der Waals surface area contributed by atoms with E-state index >= 15 is 0 Å². The average molecular weight is 314 g/mol. The summed E-state index contributed by atoms with van der Waals surface area (Å²) in [7, 11) is -0.324. The van der Waals surface area contributed by atoms with Crippen molar-refractivity contribution in [2.45, 2.75) is 5.66 Å². The van der Waals surface area contributed by atoms with Gasteiger partial charge in [-0.1, -0.05) is 98.9 Å². The van der Waals surface area contributed by atoms with E-state index in [1.807, 2.05) is 0 Å². The molecular formula is C22H19P. The standard InChI is InChI=1S/C22H19P/c1-23(19-11-3-2-4-12-19)22-20-13-7-5-9-17(20)15-16-18-10-6-8-14-21(18)22/h2-16,22H,1H3. The summed E-state index contributed by atoms with van der Waals surface area (Å²) in [5.41, 5.74) is 6.03. The molecule has 0 aromatic heterocycles. The van der Waals surface area contributed by atoms with Crippen LogP contribution in [0.4, 0.5) is 0 Å². The summed E-state index contributed by atoms with van der Waals surface area (Å²) >= 11 is 0. The molecule has 0 saturated heterocycles. The molecule has 0 fully saturated rings. The van der Waals surface area contributed by atoms with Gasteiger partial charge in [-0.05, 0) is 34.2 Å². The zero-order valence-corrected chi connectivity index (χ0v) is 14.1. The molecule has 0 radical (unpaired) electrons. The first-order valence-electron chi connectivity index (χ1n) is 7.98. The monoisotopic (exact) mass is 314 g/mol. The van der Waals surface area contributed by atoms with Crippen molar-refractivity contribution in [2.75, 3.05) is 6.66 Å². The van der Waals surface area contributed by atoms with E-state index < -0.39 is 0 Å². The molecule has 3 aromatic rings. The van der Waals surface area contributed by atoms with Gasteiger partial charge in [-0.15, -0.1) is 0 Å². The van der Waals surface area contributed by atoms with Crippen molar-refractivity contribution in [2.24, 2.45) is 0 Å². The first kappa shape index (κ1) is 14.4. The molecule has 0 spiro atoms. The molecule has 1 atom stereocenters. The Labute approximate surface area is 139 Å². The quantitative estimate of drug-likeness (QED) is 0.532. The summed E-state index contributed by atoms with van der Waals surface area (Å²) in [4.78, 5) is 0. The van der Waals surface area contributed by atoms with Crippen molar-refractivity contribution < 1.29 is 0 Å². The Morgan fingerprint density at radius 2 is 1.09 bits per heavy atom. The molecule has 1 aliphatic carbocycles. The van der Waals surface area contributed by atoms with Crippen LogP contribution in [0.15, 0.2) is 78.9 Å². The fourth-order valence-electron chi connectivity index (χ4n) is 3.40. The SMILES string of the molecule is CP(c1ccccc1)C1c2ccccc2C=Cc2ccccc21. The van der Waals surface area contributed by atoms with Gasteiger partial charge < -0.3 is 0 Å². The van der Waals surface area contributed by atoms with E-state index in [0.717, 1.165) is 0 Å². The van der Waals surface area contributed by atoms with E-state index in [1.54, 1.807) is 0 Å². The lowest BCUT2D eigenvalue weighted by Gasteiger charge is -2.27. The Morgan fingerprint density at radius 1 is 0.609 bits per heavy atom. The minimum absolute atomic E-state index is 0.324. The number of hydrogen-bond acceptors (Lipinski definition) is 0. The molecule has 1 unspecified atom stereocenters. The third-order valence-electron chi connectivity index (χ3n) is 4.57. The van der Waals surface area contributed by atoms with Gasteiger partial charge in [-0.3, -0.25) is 0 Å². The fourth-order valence-corrected chi connectivity index (χ4v) is 5.65. The van der Waals surface area contributed by atoms with Crippen molar-refractivity contribution in [3.63, 3.8) is 0 Å². The third kappa shape index (κ3) is 2.64. The van der Waals surface area contributed by atoms with Gasteiger partial charge in [0.05, 0.1) is 0 Å². The van der Waals surface area contributed by atoms with Gasteiger partial charge in [0.25, 0.3) is 0 Å². The van der Waals surface area contributed by atoms with Crippen molar-refractivity contribution in [1.82, 2.24) is 0 Å². The molecule has 112 valence electrons. The van der Waals surface area contributed by atoms with E-state index in [2.05, 4.69) is 97.7 Å². The van der Waals surface area contributed by atoms with Gasteiger partial charge in [0.2, 0.25) is 0 Å². The summed E-state index contributed by atoms with van der Waals surface area (Å²) < 4.78 is 0. The van der Waals surface area contributed by atoms with E-state index in [-0.39, 0.29) is 7.92 Å². The number of fused-ring (bicyclic) bond motifs is 2. The lowest BCUT2D eigenvalue weighted by atomic mass is 9.99. The van der Waals surface area contributed by atoms with Crippen LogP contribution in [0.25, 0.3) is 12.2 Å². The Balaban J connectivity index is 1.92. The maximum Gasteiger partial charge on any atom is 0.0341 e. The van der Waals surface area contributed by atoms with E-state index in [1.165, 1.54) is 27.6 Å². The minimum atomic E-state index is -0.324. The lowest BCUT2D eigenvalue weighted by Crippen LogP contribution is -2.09. The zero-order chi connectivity index (χ0) is 15.6. The van der Waals surface area contributed by atoms with Crippen LogP contribution < -0.4 is 5.30 Å². The Kier molecular flexibility index (Phi) is 3.85. The van der Waals surface area contributed by atoms with Crippen LogP contribution in [0.5, 0.6) is 0 Å². The van der Waals surface area contributed by atoms with Gasteiger partial charge in [0.1, 0.15) is 0 Å². The summed E-state index contributed by atoms with van der Waals surface area (Å²) in [6.45, 7) is 2.41. The molecule has 4 rings (SSSR count). The molecule has 0 aliphatic heterocycles. The van der Waals surface area contributed by atoms with Crippen LogP contribution >= 0.6 is 7.92 Å². The number of rotatable bonds is 2. The summed E-state index contributed by atoms with van der Waals surface area (Å²) in [6.07, 6.45) is 4.53. The zero-order valence-electron chi connectivity index (χ0n) is 13.2. The Morgan fingerprint density at radius 3 is 1.65 bits per heavy atom. The molecule has 1 heteroatoms. The summed E-state index contributed by atoms with van der Waals surface area (Å²) in [6, 6.07) is 28.6. The number of benzene rings is 3. The molecule has 0 amide bonds. The first-order valence-corrected chi connectivity index (χ1v) is 9.84. The summed E-state index contributed by atoms with van der Waals surface area (Å²) in [5.74, 6) is 0. The maximum absolute atomic E-state index is 2.41. The highest BCUT2D eigenvalue weighted by Crippen LogP contribution is 2.54. The normalized spacial score (nSPS) is 14.7. The molecule has 1 aliphatic rings. The molecular weight excluding hydrogens is 295 g/mol. The van der Waals surface area contributed by atoms with Crippen LogP contribution in [0.2, 0.25) is 0 Å². The van der Waals surface area contributed by atoms with E-state index in [0.29, 0.717) is 5.66 Å². The van der Waals surface area contributed by atoms with Crippen molar-refractivity contribution >= 4 is 25.4 Å². The van der Waals surface area contributed by atoms with Crippen molar-refractivity contribution in [1.29, 1.82) is 0 Å². The maximum atomic E-state index is 2.41. The second-order valence-corrected chi connectivity index (χ2v) is 8.19. The Hall–Kier alpha value is -2.17. The molecule has 0 bridgehead atoms. The molecule has 0 nitrogen and oxygen atoms in total. The Bertz CT molecular complexity index is 799.